The number of amides is 2. The summed E-state index contributed by atoms with van der Waals surface area (Å²) in [5.74, 6) is -0.963. The van der Waals surface area contributed by atoms with E-state index in [0.29, 0.717) is 0 Å². The number of nitrogens with one attached hydrogen (secondary N) is 1. The molecule has 1 N–H and O–H groups in total. The lowest BCUT2D eigenvalue weighted by molar-refractivity contribution is -0.139. The molecule has 1 atom stereocenters. The summed E-state index contributed by atoms with van der Waals surface area (Å²) < 4.78 is 28.4. The average Bonchev–Trinajstić information content (AvgIpc) is 2.87. The van der Waals surface area contributed by atoms with Gasteiger partial charge in [-0.2, -0.15) is 0 Å². The predicted molar refractivity (Wildman–Crippen MR) is 143 cm³/mol. The highest BCUT2D eigenvalue weighted by atomic mass is 35.5. The van der Waals surface area contributed by atoms with Gasteiger partial charge < -0.3 is 10.2 Å². The van der Waals surface area contributed by atoms with E-state index >= 15 is 0 Å². The minimum Gasteiger partial charge on any atom is -0.357 e. The van der Waals surface area contributed by atoms with Gasteiger partial charge in [-0.25, -0.2) is 8.42 Å². The predicted octanol–water partition coefficient (Wildman–Crippen LogP) is 4.66. The molecule has 7 nitrogen and oxygen atoms in total. The number of hydrogen-bond acceptors (Lipinski definition) is 4. The SMILES string of the molecule is CNC(=O)[C@H](C)N(Cc1ccccc1)C(=O)CN(c1cc(Cl)ccc1Cl)S(=O)(=O)c1ccc(C)cc1. The Hall–Kier alpha value is -3.07. The van der Waals surface area contributed by atoms with Gasteiger partial charge in [-0.1, -0.05) is 71.2 Å². The standard InChI is InChI=1S/C26H27Cl2N3O4S/c1-18-9-12-22(13-10-18)36(34,35)31(24-15-21(27)11-14-23(24)28)17-25(32)30(19(2)26(33)29-3)16-20-7-5-4-6-8-20/h4-15,19H,16-17H2,1-3H3,(H,29,33)/t19-/m0/s1. The van der Waals surface area contributed by atoms with Crippen LogP contribution in [0.5, 0.6) is 0 Å². The van der Waals surface area contributed by atoms with Crippen LogP contribution in [0.2, 0.25) is 10.0 Å². The van der Waals surface area contributed by atoms with Crippen LogP contribution >= 0.6 is 23.2 Å². The Labute approximate surface area is 221 Å². The molecule has 0 radical (unpaired) electrons. The lowest BCUT2D eigenvalue weighted by Gasteiger charge is -2.32. The van der Waals surface area contributed by atoms with Crippen LogP contribution in [0.3, 0.4) is 0 Å². The maximum atomic E-state index is 13.8. The highest BCUT2D eigenvalue weighted by molar-refractivity contribution is 7.92. The van der Waals surface area contributed by atoms with Crippen molar-refractivity contribution in [2.75, 3.05) is 17.9 Å². The number of aryl methyl sites for hydroxylation is 1. The summed E-state index contributed by atoms with van der Waals surface area (Å²) in [5, 5.41) is 2.91. The molecule has 0 fully saturated rings. The zero-order valence-corrected chi connectivity index (χ0v) is 22.4. The summed E-state index contributed by atoms with van der Waals surface area (Å²) in [6.45, 7) is 2.94. The van der Waals surface area contributed by atoms with E-state index < -0.39 is 28.5 Å². The number of anilines is 1. The molecule has 3 rings (SSSR count). The van der Waals surface area contributed by atoms with Gasteiger partial charge in [0.2, 0.25) is 11.8 Å². The first-order valence-electron chi connectivity index (χ1n) is 11.1. The van der Waals surface area contributed by atoms with Crippen LogP contribution in [0.1, 0.15) is 18.1 Å². The molecule has 0 heterocycles. The fourth-order valence-electron chi connectivity index (χ4n) is 3.60. The van der Waals surface area contributed by atoms with Crippen molar-refractivity contribution in [3.8, 4) is 0 Å². The highest BCUT2D eigenvalue weighted by Crippen LogP contribution is 2.33. The topological polar surface area (TPSA) is 86.8 Å². The van der Waals surface area contributed by atoms with Crippen LogP contribution in [0.15, 0.2) is 77.7 Å². The number of benzene rings is 3. The van der Waals surface area contributed by atoms with Crippen molar-refractivity contribution >= 4 is 50.7 Å². The Balaban J connectivity index is 2.07. The Morgan fingerprint density at radius 1 is 0.972 bits per heavy atom. The minimum absolute atomic E-state index is 0.00842. The third-order valence-electron chi connectivity index (χ3n) is 5.67. The van der Waals surface area contributed by atoms with Gasteiger partial charge in [0.25, 0.3) is 10.0 Å². The first-order valence-corrected chi connectivity index (χ1v) is 13.3. The first-order chi connectivity index (χ1) is 17.0. The zero-order chi connectivity index (χ0) is 26.5. The van der Waals surface area contributed by atoms with E-state index in [1.54, 1.807) is 19.1 Å². The normalized spacial score (nSPS) is 12.0. The summed E-state index contributed by atoms with van der Waals surface area (Å²) in [6, 6.07) is 18.9. The van der Waals surface area contributed by atoms with Gasteiger partial charge in [0.1, 0.15) is 12.6 Å². The smallest absolute Gasteiger partial charge is 0.264 e. The van der Waals surface area contributed by atoms with Gasteiger partial charge in [0.15, 0.2) is 0 Å². The maximum Gasteiger partial charge on any atom is 0.264 e. The number of carbonyl (C=O) groups is 2. The number of carbonyl (C=O) groups excluding carboxylic acids is 2. The van der Waals surface area contributed by atoms with E-state index in [0.717, 1.165) is 15.4 Å². The summed E-state index contributed by atoms with van der Waals surface area (Å²) in [5.41, 5.74) is 1.73. The van der Waals surface area contributed by atoms with Crippen molar-refractivity contribution in [2.45, 2.75) is 31.3 Å². The van der Waals surface area contributed by atoms with Crippen molar-refractivity contribution in [3.63, 3.8) is 0 Å². The van der Waals surface area contributed by atoms with Crippen LogP contribution in [-0.2, 0) is 26.2 Å². The van der Waals surface area contributed by atoms with Gasteiger partial charge >= 0.3 is 0 Å². The molecule has 0 aromatic heterocycles. The van der Waals surface area contributed by atoms with Crippen molar-refractivity contribution in [2.24, 2.45) is 0 Å². The number of sulfonamides is 1. The Morgan fingerprint density at radius 3 is 2.22 bits per heavy atom. The van der Waals surface area contributed by atoms with Crippen molar-refractivity contribution < 1.29 is 18.0 Å². The monoisotopic (exact) mass is 547 g/mol. The second-order valence-electron chi connectivity index (χ2n) is 8.22. The molecule has 190 valence electrons. The van der Waals surface area contributed by atoms with Crippen molar-refractivity contribution in [3.05, 3.63) is 94.0 Å². The van der Waals surface area contributed by atoms with E-state index in [9.17, 15) is 18.0 Å². The molecule has 2 amide bonds. The van der Waals surface area contributed by atoms with Crippen LogP contribution in [0.4, 0.5) is 5.69 Å². The largest absolute Gasteiger partial charge is 0.357 e. The molecule has 0 spiro atoms. The molecule has 36 heavy (non-hydrogen) atoms. The number of rotatable bonds is 9. The third kappa shape index (κ3) is 6.37. The summed E-state index contributed by atoms with van der Waals surface area (Å²) in [4.78, 5) is 27.5. The van der Waals surface area contributed by atoms with E-state index in [1.165, 1.54) is 42.3 Å². The van der Waals surface area contributed by atoms with Gasteiger partial charge in [-0.3, -0.25) is 13.9 Å². The molecular formula is C26H27Cl2N3O4S. The molecule has 0 aliphatic carbocycles. The van der Waals surface area contributed by atoms with Crippen LogP contribution in [0.25, 0.3) is 0 Å². The summed E-state index contributed by atoms with van der Waals surface area (Å²) in [7, 11) is -2.74. The van der Waals surface area contributed by atoms with Gasteiger partial charge in [-0.05, 0) is 49.7 Å². The van der Waals surface area contributed by atoms with Gasteiger partial charge in [-0.15, -0.1) is 0 Å². The van der Waals surface area contributed by atoms with E-state index in [4.69, 9.17) is 23.2 Å². The first kappa shape index (κ1) is 27.5. The van der Waals surface area contributed by atoms with Crippen LogP contribution in [-0.4, -0.2) is 44.8 Å². The zero-order valence-electron chi connectivity index (χ0n) is 20.1. The molecule has 0 aliphatic rings. The van der Waals surface area contributed by atoms with Crippen LogP contribution < -0.4 is 9.62 Å². The molecule has 3 aromatic carbocycles. The average molecular weight is 548 g/mol. The summed E-state index contributed by atoms with van der Waals surface area (Å²) in [6.07, 6.45) is 0. The number of hydrogen-bond donors (Lipinski definition) is 1. The summed E-state index contributed by atoms with van der Waals surface area (Å²) >= 11 is 12.6. The molecular weight excluding hydrogens is 521 g/mol. The molecule has 3 aromatic rings. The molecule has 0 unspecified atom stereocenters. The lowest BCUT2D eigenvalue weighted by Crippen LogP contribution is -2.50. The molecule has 10 heteroatoms. The fourth-order valence-corrected chi connectivity index (χ4v) is 5.46. The number of halogens is 2. The number of likely N-dealkylation sites (N-methyl/N-ethyl adjacent to an activating group) is 1. The maximum absolute atomic E-state index is 13.8. The fraction of sp³-hybridized carbons (Fsp3) is 0.231. The number of nitrogens with zero attached hydrogens (tertiary/aromatic N) is 2. The highest BCUT2D eigenvalue weighted by Gasteiger charge is 2.33. The third-order valence-corrected chi connectivity index (χ3v) is 8.00. The van der Waals surface area contributed by atoms with E-state index in [-0.39, 0.29) is 33.1 Å². The molecule has 0 saturated heterocycles. The Kier molecular flexibility index (Phi) is 9.00. The van der Waals surface area contributed by atoms with Gasteiger partial charge in [0, 0.05) is 18.6 Å². The van der Waals surface area contributed by atoms with E-state index in [2.05, 4.69) is 5.32 Å². The van der Waals surface area contributed by atoms with Crippen molar-refractivity contribution in [1.82, 2.24) is 10.2 Å². The molecule has 0 aliphatic heterocycles. The van der Waals surface area contributed by atoms with Crippen LogP contribution in [0, 0.1) is 6.92 Å². The van der Waals surface area contributed by atoms with E-state index in [1.807, 2.05) is 37.3 Å². The molecule has 0 bridgehead atoms. The van der Waals surface area contributed by atoms with Gasteiger partial charge in [0.05, 0.1) is 15.6 Å². The lowest BCUT2D eigenvalue weighted by atomic mass is 10.1. The second kappa shape index (κ2) is 11.8. The Bertz CT molecular complexity index is 1330. The Morgan fingerprint density at radius 2 is 1.61 bits per heavy atom. The van der Waals surface area contributed by atoms with Crippen molar-refractivity contribution in [1.29, 1.82) is 0 Å². The molecule has 0 saturated carbocycles. The quantitative estimate of drug-likeness (QED) is 0.422. The minimum atomic E-state index is -4.22. The second-order valence-corrected chi connectivity index (χ2v) is 10.9.